The van der Waals surface area contributed by atoms with Crippen LogP contribution in [0.4, 0.5) is 0 Å². The zero-order valence-corrected chi connectivity index (χ0v) is 26.5. The van der Waals surface area contributed by atoms with Crippen molar-refractivity contribution in [2.24, 2.45) is 0 Å². The van der Waals surface area contributed by atoms with Crippen LogP contribution in [0, 0.1) is 0 Å². The van der Waals surface area contributed by atoms with Crippen LogP contribution in [0.1, 0.15) is 43.7 Å². The van der Waals surface area contributed by atoms with Crippen LogP contribution < -0.4 is 28.3 Å². The number of Topliss-reactive ketones (excluding diaryl/α,β-unsaturated/α-hetero) is 1. The fourth-order valence-electron chi connectivity index (χ4n) is 4.63. The zero-order chi connectivity index (χ0) is 30.8. The summed E-state index contributed by atoms with van der Waals surface area (Å²) in [5.74, 6) is -0.309. The Morgan fingerprint density at radius 3 is 1.18 bits per heavy atom. The van der Waals surface area contributed by atoms with Gasteiger partial charge in [0.25, 0.3) is 7.49 Å². The van der Waals surface area contributed by atoms with Crippen molar-refractivity contribution in [1.29, 1.82) is 0 Å². The topological polar surface area (TPSA) is 83.8 Å². The van der Waals surface area contributed by atoms with Gasteiger partial charge in [0, 0.05) is 5.92 Å². The third-order valence-corrected chi connectivity index (χ3v) is 10.9. The molecule has 0 fully saturated rings. The Bertz CT molecular complexity index is 1510. The Morgan fingerprint density at radius 2 is 0.864 bits per heavy atom. The molecule has 0 saturated carbocycles. The molecule has 0 aliphatic rings. The van der Waals surface area contributed by atoms with Gasteiger partial charge < -0.3 is 22.6 Å². The van der Waals surface area contributed by atoms with Gasteiger partial charge in [0.1, 0.15) is 33.2 Å². The number of hydrogen-bond acceptors (Lipinski definition) is 5. The summed E-state index contributed by atoms with van der Waals surface area (Å²) in [6.07, 6.45) is 0. The van der Waals surface area contributed by atoms with Gasteiger partial charge in [0.05, 0.1) is 5.92 Å². The lowest BCUT2D eigenvalue weighted by molar-refractivity contribution is -0.135. The molecule has 5 aromatic carbocycles. The maximum Gasteiger partial charge on any atom is 0.358 e. The number of halogens is 1. The van der Waals surface area contributed by atoms with Gasteiger partial charge in [-0.05, 0) is 85.6 Å². The number of carbonyl (C=O) groups excluding carboxylic acids is 2. The Morgan fingerprint density at radius 1 is 0.545 bits per heavy atom. The highest BCUT2D eigenvalue weighted by atomic mass is 35.5. The lowest BCUT2D eigenvalue weighted by atomic mass is 9.98. The Hall–Kier alpha value is -4.44. The van der Waals surface area contributed by atoms with Gasteiger partial charge in [0.15, 0.2) is 0 Å². The molecule has 0 aliphatic heterocycles. The Balaban J connectivity index is 0.000000344. The molecule has 0 amide bonds. The summed E-state index contributed by atoms with van der Waals surface area (Å²) in [7, 11) is -2.69. The van der Waals surface area contributed by atoms with Crippen molar-refractivity contribution in [1.82, 2.24) is 0 Å². The van der Waals surface area contributed by atoms with Crippen molar-refractivity contribution in [3.05, 3.63) is 151 Å². The quantitative estimate of drug-likeness (QED) is 0.254. The van der Waals surface area contributed by atoms with E-state index in [2.05, 4.69) is 0 Å². The highest BCUT2D eigenvalue weighted by Crippen LogP contribution is 2.57. The minimum absolute atomic E-state index is 0. The van der Waals surface area contributed by atoms with Crippen LogP contribution in [0.3, 0.4) is 0 Å². The second-order valence-electron chi connectivity index (χ2n) is 10.3. The number of benzene rings is 5. The number of phenols is 2. The number of hydrogen-bond donors (Lipinski definition) is 2. The van der Waals surface area contributed by atoms with Gasteiger partial charge in [0.2, 0.25) is 0 Å². The van der Waals surface area contributed by atoms with Gasteiger partial charge in [-0.2, -0.15) is 0 Å². The smallest absolute Gasteiger partial charge is 0.358 e. The van der Waals surface area contributed by atoms with E-state index in [1.54, 1.807) is 55.5 Å². The van der Waals surface area contributed by atoms with Crippen LogP contribution in [0.25, 0.3) is 0 Å². The summed E-state index contributed by atoms with van der Waals surface area (Å²) in [5, 5.41) is 21.5. The molecular weight excluding hydrogens is 591 g/mol. The number of aromatic hydroxyl groups is 2. The highest BCUT2D eigenvalue weighted by molar-refractivity contribution is 7.92. The number of phenolic OH excluding ortho intramolecular Hbond substituents is 2. The van der Waals surface area contributed by atoms with Crippen LogP contribution >= 0.6 is 7.49 Å². The molecule has 0 radical (unpaired) electrons. The molecule has 5 aromatic rings. The molecule has 0 saturated heterocycles. The molecule has 7 heteroatoms. The van der Waals surface area contributed by atoms with E-state index in [1.807, 2.05) is 105 Å². The van der Waals surface area contributed by atoms with E-state index in [4.69, 9.17) is 9.63 Å². The molecule has 0 spiro atoms. The first-order valence-electron chi connectivity index (χ1n) is 14.1. The number of carbonyl (C=O) groups is 2. The van der Waals surface area contributed by atoms with Crippen LogP contribution in [-0.2, 0) is 14.1 Å². The largest absolute Gasteiger partial charge is 1.00 e. The van der Waals surface area contributed by atoms with Crippen LogP contribution in [-0.4, -0.2) is 22.0 Å². The average Bonchev–Trinajstić information content (AvgIpc) is 3.05. The monoisotopic (exact) mass is 626 g/mol. The number of ketones is 1. The third-order valence-electron chi connectivity index (χ3n) is 7.34. The lowest BCUT2D eigenvalue weighted by Crippen LogP contribution is -3.00. The average molecular weight is 627 g/mol. The minimum Gasteiger partial charge on any atom is -1.00 e. The summed E-state index contributed by atoms with van der Waals surface area (Å²) in [4.78, 5) is 24.5. The molecule has 2 N–H and O–H groups in total. The molecule has 0 aliphatic carbocycles. The van der Waals surface area contributed by atoms with Crippen molar-refractivity contribution in [2.75, 3.05) is 0 Å². The molecule has 5 rings (SSSR count). The predicted octanol–water partition coefficient (Wildman–Crippen LogP) is 4.04. The van der Waals surface area contributed by atoms with Gasteiger partial charge in [-0.15, -0.1) is 0 Å². The Labute approximate surface area is 266 Å². The first kappa shape index (κ1) is 34.1. The van der Waals surface area contributed by atoms with Crippen molar-refractivity contribution in [3.63, 3.8) is 0 Å². The Kier molecular flexibility index (Phi) is 12.3. The van der Waals surface area contributed by atoms with E-state index in [0.717, 1.165) is 27.0 Å². The van der Waals surface area contributed by atoms with Crippen molar-refractivity contribution >= 4 is 35.2 Å². The van der Waals surface area contributed by atoms with Crippen molar-refractivity contribution < 1.29 is 36.7 Å². The number of rotatable bonds is 8. The van der Waals surface area contributed by atoms with Gasteiger partial charge in [-0.3, -0.25) is 9.32 Å². The van der Waals surface area contributed by atoms with Crippen LogP contribution in [0.5, 0.6) is 11.5 Å². The van der Waals surface area contributed by atoms with E-state index in [-0.39, 0.29) is 41.6 Å². The summed E-state index contributed by atoms with van der Waals surface area (Å²) in [5.41, 5.74) is 1.75. The fraction of sp³-hybridized carbons (Fsp3) is 0.135. The first-order valence-corrected chi connectivity index (χ1v) is 15.8. The molecule has 5 nitrogen and oxygen atoms in total. The SMILES string of the molecule is CC(=O)C(C)c1ccc(O)cc1.CC(C(=O)O[P+](c1ccccc1)(c1ccccc1)c1ccccc1)c1ccc(O)cc1.[Cl-]. The van der Waals surface area contributed by atoms with Crippen molar-refractivity contribution in [2.45, 2.75) is 32.6 Å². The van der Waals surface area contributed by atoms with E-state index >= 15 is 0 Å². The van der Waals surface area contributed by atoms with Gasteiger partial charge in [-0.25, -0.2) is 4.79 Å². The van der Waals surface area contributed by atoms with Crippen molar-refractivity contribution in [3.8, 4) is 11.5 Å². The molecule has 0 heterocycles. The van der Waals surface area contributed by atoms with E-state index in [9.17, 15) is 14.7 Å². The molecule has 2 atom stereocenters. The van der Waals surface area contributed by atoms with Crippen LogP contribution in [0.15, 0.2) is 140 Å². The highest BCUT2D eigenvalue weighted by Gasteiger charge is 2.51. The molecule has 2 unspecified atom stereocenters. The first-order chi connectivity index (χ1) is 20.7. The summed E-state index contributed by atoms with van der Waals surface area (Å²) >= 11 is 0. The van der Waals surface area contributed by atoms with Gasteiger partial charge in [-0.1, -0.05) is 85.8 Å². The molecular formula is C37H36ClO5P. The second kappa shape index (κ2) is 15.9. The fourth-order valence-corrected chi connectivity index (χ4v) is 8.04. The third kappa shape index (κ3) is 8.13. The molecule has 226 valence electrons. The van der Waals surface area contributed by atoms with E-state index in [0.29, 0.717) is 0 Å². The normalized spacial score (nSPS) is 12.0. The minimum atomic E-state index is -2.69. The predicted molar refractivity (Wildman–Crippen MR) is 175 cm³/mol. The second-order valence-corrected chi connectivity index (χ2v) is 13.2. The molecule has 44 heavy (non-hydrogen) atoms. The summed E-state index contributed by atoms with van der Waals surface area (Å²) in [6.45, 7) is 5.26. The summed E-state index contributed by atoms with van der Waals surface area (Å²) in [6, 6.07) is 43.4. The van der Waals surface area contributed by atoms with Crippen LogP contribution in [0.2, 0.25) is 0 Å². The van der Waals surface area contributed by atoms with Gasteiger partial charge >= 0.3 is 5.97 Å². The summed E-state index contributed by atoms with van der Waals surface area (Å²) < 4.78 is 6.55. The van der Waals surface area contributed by atoms with E-state index in [1.165, 1.54) is 0 Å². The molecule has 0 aromatic heterocycles. The molecule has 0 bridgehead atoms. The lowest BCUT2D eigenvalue weighted by Gasteiger charge is -2.26. The zero-order valence-electron chi connectivity index (χ0n) is 24.9. The standard InChI is InChI=1S/C27H23O3P.C10H12O2.ClH/c1-21(22-17-19-23(28)20-18-22)27(29)30-31(24-11-5-2-6-12-24,25-13-7-3-8-14-25)26-15-9-4-10-16-26;1-7(8(2)11)9-3-5-10(12)6-4-9;/h2-21H,1H3;3-7,12H,1-2H3;1H. The maximum absolute atomic E-state index is 13.5. The van der Waals surface area contributed by atoms with E-state index < -0.39 is 13.4 Å². The maximum atomic E-state index is 13.5.